The molecule has 0 spiro atoms. The van der Waals surface area contributed by atoms with Gasteiger partial charge in [0.25, 0.3) is 0 Å². The number of esters is 2. The minimum absolute atomic E-state index is 0.0354. The highest BCUT2D eigenvalue weighted by Crippen LogP contribution is 2.51. The second-order valence-corrected chi connectivity index (χ2v) is 9.19. The van der Waals surface area contributed by atoms with Crippen LogP contribution in [0.4, 0.5) is 0 Å². The van der Waals surface area contributed by atoms with Gasteiger partial charge in [-0.1, -0.05) is 13.8 Å². The van der Waals surface area contributed by atoms with Gasteiger partial charge < -0.3 is 9.47 Å². The summed E-state index contributed by atoms with van der Waals surface area (Å²) in [5.41, 5.74) is -0.677. The zero-order chi connectivity index (χ0) is 18.2. The first-order valence-electron chi connectivity index (χ1n) is 10.2. The zero-order valence-electron chi connectivity index (χ0n) is 16.3. The Morgan fingerprint density at radius 1 is 1.08 bits per heavy atom. The van der Waals surface area contributed by atoms with E-state index in [-0.39, 0.29) is 35.5 Å². The molecule has 3 fully saturated rings. The molecule has 4 atom stereocenters. The number of hydrogen-bond acceptors (Lipinski definition) is 4. The number of rotatable bonds is 6. The van der Waals surface area contributed by atoms with Crippen LogP contribution in [0.15, 0.2) is 0 Å². The molecule has 0 radical (unpaired) electrons. The lowest BCUT2D eigenvalue weighted by molar-refractivity contribution is -0.174. The summed E-state index contributed by atoms with van der Waals surface area (Å²) in [6.07, 6.45) is 8.71. The second kappa shape index (κ2) is 6.92. The van der Waals surface area contributed by atoms with Crippen molar-refractivity contribution in [3.8, 4) is 0 Å². The van der Waals surface area contributed by atoms with Gasteiger partial charge in [0.15, 0.2) is 0 Å². The maximum Gasteiger partial charge on any atom is 0.311 e. The summed E-state index contributed by atoms with van der Waals surface area (Å²) in [5, 5.41) is 0. The molecule has 4 heteroatoms. The number of ether oxygens (including phenoxy) is 2. The summed E-state index contributed by atoms with van der Waals surface area (Å²) in [6.45, 7) is 7.99. The lowest BCUT2D eigenvalue weighted by Gasteiger charge is -2.34. The third kappa shape index (κ3) is 3.59. The molecular formula is C21H34O4. The Morgan fingerprint density at radius 2 is 1.76 bits per heavy atom. The Labute approximate surface area is 152 Å². The highest BCUT2D eigenvalue weighted by Gasteiger charge is 2.53. The molecule has 25 heavy (non-hydrogen) atoms. The molecule has 0 heterocycles. The first-order valence-corrected chi connectivity index (χ1v) is 10.2. The van der Waals surface area contributed by atoms with Crippen LogP contribution in [0.1, 0.15) is 85.5 Å². The lowest BCUT2D eigenvalue weighted by Crippen LogP contribution is -2.40. The van der Waals surface area contributed by atoms with Crippen molar-refractivity contribution in [3.63, 3.8) is 0 Å². The monoisotopic (exact) mass is 350 g/mol. The fourth-order valence-electron chi connectivity index (χ4n) is 4.97. The topological polar surface area (TPSA) is 52.6 Å². The summed E-state index contributed by atoms with van der Waals surface area (Å²) in [6, 6.07) is 0. The highest BCUT2D eigenvalue weighted by atomic mass is 16.6. The molecule has 0 N–H and O–H groups in total. The predicted molar refractivity (Wildman–Crippen MR) is 95.9 cm³/mol. The van der Waals surface area contributed by atoms with E-state index in [4.69, 9.17) is 9.47 Å². The number of hydrogen-bond donors (Lipinski definition) is 0. The first-order chi connectivity index (χ1) is 11.8. The van der Waals surface area contributed by atoms with Gasteiger partial charge in [-0.05, 0) is 77.6 Å². The Kier molecular flexibility index (Phi) is 5.18. The standard InChI is InChI=1S/C21H34O4/c1-5-20(3,4)19(23)24-17-13-14-11-15(17)16(12-14)18(22)25-21(6-2)9-7-8-10-21/h14-17H,5-13H2,1-4H3. The van der Waals surface area contributed by atoms with Gasteiger partial charge in [-0.2, -0.15) is 0 Å². The molecule has 3 rings (SSSR count). The molecule has 0 aromatic rings. The van der Waals surface area contributed by atoms with Gasteiger partial charge >= 0.3 is 11.9 Å². The average Bonchev–Trinajstić information content (AvgIpc) is 3.30. The SMILES string of the molecule is CCC1(OC(=O)C2CC3CC(OC(=O)C(C)(C)CC)C2C3)CCCC1. The van der Waals surface area contributed by atoms with E-state index in [1.165, 1.54) is 0 Å². The van der Waals surface area contributed by atoms with Crippen LogP contribution in [0.3, 0.4) is 0 Å². The van der Waals surface area contributed by atoms with Crippen LogP contribution in [-0.4, -0.2) is 23.6 Å². The van der Waals surface area contributed by atoms with Crippen molar-refractivity contribution in [2.75, 3.05) is 0 Å². The second-order valence-electron chi connectivity index (χ2n) is 9.19. The van der Waals surface area contributed by atoms with E-state index in [0.717, 1.165) is 57.8 Å². The largest absolute Gasteiger partial charge is 0.462 e. The van der Waals surface area contributed by atoms with E-state index in [1.54, 1.807) is 0 Å². The molecule has 0 aromatic heterocycles. The third-order valence-corrected chi connectivity index (χ3v) is 7.23. The molecule has 0 saturated heterocycles. The van der Waals surface area contributed by atoms with Crippen molar-refractivity contribution in [3.05, 3.63) is 0 Å². The normalized spacial score (nSPS) is 33.4. The van der Waals surface area contributed by atoms with Crippen LogP contribution >= 0.6 is 0 Å². The maximum atomic E-state index is 12.9. The Bertz CT molecular complexity index is 518. The van der Waals surface area contributed by atoms with Gasteiger partial charge in [0, 0.05) is 5.92 Å². The predicted octanol–water partition coefficient (Wildman–Crippen LogP) is 4.65. The molecule has 2 bridgehead atoms. The van der Waals surface area contributed by atoms with Gasteiger partial charge in [-0.25, -0.2) is 0 Å². The molecule has 3 saturated carbocycles. The lowest BCUT2D eigenvalue weighted by atomic mass is 9.85. The highest BCUT2D eigenvalue weighted by molar-refractivity contribution is 5.77. The van der Waals surface area contributed by atoms with Crippen LogP contribution in [0.25, 0.3) is 0 Å². The van der Waals surface area contributed by atoms with Crippen molar-refractivity contribution in [1.29, 1.82) is 0 Å². The van der Waals surface area contributed by atoms with E-state index >= 15 is 0 Å². The van der Waals surface area contributed by atoms with E-state index in [2.05, 4.69) is 6.92 Å². The van der Waals surface area contributed by atoms with E-state index in [0.29, 0.717) is 5.92 Å². The Hall–Kier alpha value is -1.06. The van der Waals surface area contributed by atoms with Crippen molar-refractivity contribution >= 4 is 11.9 Å². The molecule has 142 valence electrons. The summed E-state index contributed by atoms with van der Waals surface area (Å²) in [4.78, 5) is 25.3. The minimum Gasteiger partial charge on any atom is -0.462 e. The van der Waals surface area contributed by atoms with E-state index < -0.39 is 5.41 Å². The average molecular weight is 350 g/mol. The van der Waals surface area contributed by atoms with Crippen LogP contribution in [0.2, 0.25) is 0 Å². The maximum absolute atomic E-state index is 12.9. The molecule has 3 aliphatic carbocycles. The van der Waals surface area contributed by atoms with Crippen LogP contribution in [0.5, 0.6) is 0 Å². The number of fused-ring (bicyclic) bond motifs is 2. The number of carbonyl (C=O) groups excluding carboxylic acids is 2. The van der Waals surface area contributed by atoms with Gasteiger partial charge in [0.2, 0.25) is 0 Å². The number of carbonyl (C=O) groups is 2. The molecule has 4 nitrogen and oxygen atoms in total. The fraction of sp³-hybridized carbons (Fsp3) is 0.905. The zero-order valence-corrected chi connectivity index (χ0v) is 16.3. The van der Waals surface area contributed by atoms with Gasteiger partial charge in [0.05, 0.1) is 11.3 Å². The van der Waals surface area contributed by atoms with Crippen LogP contribution < -0.4 is 0 Å². The molecule has 0 aliphatic heterocycles. The summed E-state index contributed by atoms with van der Waals surface area (Å²) < 4.78 is 11.9. The summed E-state index contributed by atoms with van der Waals surface area (Å²) in [7, 11) is 0. The van der Waals surface area contributed by atoms with Crippen LogP contribution in [-0.2, 0) is 19.1 Å². The molecule has 4 unspecified atom stereocenters. The van der Waals surface area contributed by atoms with Gasteiger partial charge in [-0.3, -0.25) is 9.59 Å². The molecule has 3 aliphatic rings. The van der Waals surface area contributed by atoms with Crippen molar-refractivity contribution in [1.82, 2.24) is 0 Å². The quantitative estimate of drug-likeness (QED) is 0.655. The first kappa shape index (κ1) is 18.7. The third-order valence-electron chi connectivity index (χ3n) is 7.23. The Balaban J connectivity index is 1.63. The summed E-state index contributed by atoms with van der Waals surface area (Å²) >= 11 is 0. The van der Waals surface area contributed by atoms with E-state index in [1.807, 2.05) is 20.8 Å². The fourth-order valence-corrected chi connectivity index (χ4v) is 4.97. The van der Waals surface area contributed by atoms with E-state index in [9.17, 15) is 9.59 Å². The summed E-state index contributed by atoms with van der Waals surface area (Å²) in [5.74, 6) is 0.424. The molecule has 0 aromatic carbocycles. The Morgan fingerprint density at radius 3 is 2.32 bits per heavy atom. The van der Waals surface area contributed by atoms with Gasteiger partial charge in [-0.15, -0.1) is 0 Å². The molecular weight excluding hydrogens is 316 g/mol. The smallest absolute Gasteiger partial charge is 0.311 e. The van der Waals surface area contributed by atoms with Crippen LogP contribution in [0, 0.1) is 23.2 Å². The minimum atomic E-state index is -0.450. The van der Waals surface area contributed by atoms with Crippen molar-refractivity contribution in [2.45, 2.75) is 97.2 Å². The molecule has 0 amide bonds. The van der Waals surface area contributed by atoms with Crippen molar-refractivity contribution in [2.24, 2.45) is 23.2 Å². The van der Waals surface area contributed by atoms with Crippen molar-refractivity contribution < 1.29 is 19.1 Å². The van der Waals surface area contributed by atoms with Gasteiger partial charge in [0.1, 0.15) is 11.7 Å².